The van der Waals surface area contributed by atoms with Crippen LogP contribution in [0.15, 0.2) is 42.5 Å². The standard InChI is InChI=1S/C17H14Cl2N2O3/c1-24-15-6-5-11(19)8-13(15)20-14-9-16(22)21(17(14)23)12-4-2-3-10(18)7-12/h2-8,14,20H,9H2,1H3/t14-/m0/s1. The van der Waals surface area contributed by atoms with Gasteiger partial charge in [0.25, 0.3) is 5.91 Å². The van der Waals surface area contributed by atoms with Crippen LogP contribution in [0.1, 0.15) is 6.42 Å². The van der Waals surface area contributed by atoms with Crippen molar-refractivity contribution >= 4 is 46.4 Å². The Morgan fingerprint density at radius 2 is 1.88 bits per heavy atom. The smallest absolute Gasteiger partial charge is 0.256 e. The number of nitrogens with one attached hydrogen (secondary N) is 1. The van der Waals surface area contributed by atoms with Gasteiger partial charge in [0, 0.05) is 10.0 Å². The topological polar surface area (TPSA) is 58.6 Å². The second-order valence-corrected chi connectivity index (χ2v) is 6.17. The minimum Gasteiger partial charge on any atom is -0.495 e. The van der Waals surface area contributed by atoms with Crippen molar-refractivity contribution in [3.8, 4) is 5.75 Å². The maximum atomic E-state index is 12.6. The number of anilines is 2. The molecule has 0 spiro atoms. The highest BCUT2D eigenvalue weighted by molar-refractivity contribution is 6.31. The minimum absolute atomic E-state index is 0.0427. The second-order valence-electron chi connectivity index (χ2n) is 5.29. The summed E-state index contributed by atoms with van der Waals surface area (Å²) in [5.74, 6) is -0.0917. The van der Waals surface area contributed by atoms with Crippen molar-refractivity contribution in [2.24, 2.45) is 0 Å². The Bertz CT molecular complexity index is 810. The average Bonchev–Trinajstić information content (AvgIpc) is 2.81. The normalized spacial score (nSPS) is 17.3. The molecule has 0 aromatic heterocycles. The molecule has 3 rings (SSSR count). The van der Waals surface area contributed by atoms with Gasteiger partial charge in [-0.25, -0.2) is 4.90 Å². The Hall–Kier alpha value is -2.24. The summed E-state index contributed by atoms with van der Waals surface area (Å²) in [5, 5.41) is 4.00. The number of nitrogens with zero attached hydrogens (tertiary/aromatic N) is 1. The predicted molar refractivity (Wildman–Crippen MR) is 94.0 cm³/mol. The van der Waals surface area contributed by atoms with Crippen LogP contribution in [0.3, 0.4) is 0 Å². The van der Waals surface area contributed by atoms with E-state index in [9.17, 15) is 9.59 Å². The van der Waals surface area contributed by atoms with E-state index >= 15 is 0 Å². The Labute approximate surface area is 149 Å². The van der Waals surface area contributed by atoms with Gasteiger partial charge in [0.15, 0.2) is 0 Å². The van der Waals surface area contributed by atoms with E-state index in [1.54, 1.807) is 42.5 Å². The molecule has 2 amide bonds. The van der Waals surface area contributed by atoms with Gasteiger partial charge in [-0.1, -0.05) is 29.3 Å². The van der Waals surface area contributed by atoms with Crippen molar-refractivity contribution in [3.63, 3.8) is 0 Å². The molecule has 0 bridgehead atoms. The van der Waals surface area contributed by atoms with Gasteiger partial charge in [0.1, 0.15) is 11.8 Å². The Morgan fingerprint density at radius 1 is 1.12 bits per heavy atom. The van der Waals surface area contributed by atoms with Crippen molar-refractivity contribution in [2.75, 3.05) is 17.3 Å². The van der Waals surface area contributed by atoms with Gasteiger partial charge in [0.2, 0.25) is 5.91 Å². The number of amides is 2. The van der Waals surface area contributed by atoms with Crippen LogP contribution in [0.25, 0.3) is 0 Å². The molecule has 0 radical (unpaired) electrons. The van der Waals surface area contributed by atoms with Crippen LogP contribution in [-0.2, 0) is 9.59 Å². The first kappa shape index (κ1) is 16.6. The number of methoxy groups -OCH3 is 1. The number of imide groups is 1. The fourth-order valence-corrected chi connectivity index (χ4v) is 2.97. The van der Waals surface area contributed by atoms with Crippen LogP contribution >= 0.6 is 23.2 Å². The van der Waals surface area contributed by atoms with Crippen molar-refractivity contribution in [2.45, 2.75) is 12.5 Å². The molecule has 7 heteroatoms. The number of rotatable bonds is 4. The quantitative estimate of drug-likeness (QED) is 0.839. The first-order chi connectivity index (χ1) is 11.5. The molecule has 1 saturated heterocycles. The summed E-state index contributed by atoms with van der Waals surface area (Å²) in [7, 11) is 1.52. The first-order valence-electron chi connectivity index (χ1n) is 7.22. The monoisotopic (exact) mass is 364 g/mol. The average molecular weight is 365 g/mol. The number of carbonyl (C=O) groups excluding carboxylic acids is 2. The molecule has 1 fully saturated rings. The number of carbonyl (C=O) groups is 2. The van der Waals surface area contributed by atoms with Crippen molar-refractivity contribution < 1.29 is 14.3 Å². The number of hydrogen-bond donors (Lipinski definition) is 1. The highest BCUT2D eigenvalue weighted by Crippen LogP contribution is 2.31. The van der Waals surface area contributed by atoms with E-state index in [4.69, 9.17) is 27.9 Å². The predicted octanol–water partition coefficient (Wildman–Crippen LogP) is 3.75. The lowest BCUT2D eigenvalue weighted by Crippen LogP contribution is -2.34. The summed E-state index contributed by atoms with van der Waals surface area (Å²) >= 11 is 11.9. The van der Waals surface area contributed by atoms with Crippen molar-refractivity contribution in [1.29, 1.82) is 0 Å². The molecule has 2 aromatic carbocycles. The lowest BCUT2D eigenvalue weighted by Gasteiger charge is -2.17. The van der Waals surface area contributed by atoms with Crippen molar-refractivity contribution in [1.82, 2.24) is 0 Å². The van der Waals surface area contributed by atoms with Gasteiger partial charge in [-0.3, -0.25) is 9.59 Å². The van der Waals surface area contributed by atoms with Crippen LogP contribution in [0.5, 0.6) is 5.75 Å². The van der Waals surface area contributed by atoms with Gasteiger partial charge in [-0.05, 0) is 36.4 Å². The van der Waals surface area contributed by atoms with E-state index in [2.05, 4.69) is 5.32 Å². The fourth-order valence-electron chi connectivity index (χ4n) is 2.61. The number of benzene rings is 2. The Balaban J connectivity index is 1.86. The van der Waals surface area contributed by atoms with Gasteiger partial charge in [0.05, 0.1) is 24.9 Å². The number of ether oxygens (including phenoxy) is 1. The molecular formula is C17H14Cl2N2O3. The van der Waals surface area contributed by atoms with E-state index in [1.807, 2.05) is 0 Å². The molecule has 1 aliphatic heterocycles. The summed E-state index contributed by atoms with van der Waals surface area (Å²) < 4.78 is 5.25. The van der Waals surface area contributed by atoms with Crippen LogP contribution in [0, 0.1) is 0 Å². The molecule has 0 saturated carbocycles. The molecule has 1 heterocycles. The Morgan fingerprint density at radius 3 is 2.58 bits per heavy atom. The van der Waals surface area contributed by atoms with Crippen LogP contribution in [-0.4, -0.2) is 25.0 Å². The third kappa shape index (κ3) is 3.18. The van der Waals surface area contributed by atoms with E-state index in [0.29, 0.717) is 27.2 Å². The lowest BCUT2D eigenvalue weighted by atomic mass is 10.2. The lowest BCUT2D eigenvalue weighted by molar-refractivity contribution is -0.121. The maximum Gasteiger partial charge on any atom is 0.256 e. The highest BCUT2D eigenvalue weighted by atomic mass is 35.5. The zero-order chi connectivity index (χ0) is 17.3. The molecule has 0 aliphatic carbocycles. The number of halogens is 2. The zero-order valence-electron chi connectivity index (χ0n) is 12.8. The summed E-state index contributed by atoms with van der Waals surface area (Å²) in [6.45, 7) is 0. The maximum absolute atomic E-state index is 12.6. The molecule has 1 atom stereocenters. The second kappa shape index (κ2) is 6.71. The van der Waals surface area contributed by atoms with Gasteiger partial charge >= 0.3 is 0 Å². The van der Waals surface area contributed by atoms with Crippen molar-refractivity contribution in [3.05, 3.63) is 52.5 Å². The first-order valence-corrected chi connectivity index (χ1v) is 7.97. The van der Waals surface area contributed by atoms with Crippen LogP contribution < -0.4 is 15.0 Å². The summed E-state index contributed by atoms with van der Waals surface area (Å²) in [6.07, 6.45) is 0.0427. The third-order valence-electron chi connectivity index (χ3n) is 3.70. The fraction of sp³-hybridized carbons (Fsp3) is 0.176. The largest absolute Gasteiger partial charge is 0.495 e. The molecule has 1 aliphatic rings. The van der Waals surface area contributed by atoms with Crippen LogP contribution in [0.4, 0.5) is 11.4 Å². The summed E-state index contributed by atoms with van der Waals surface area (Å²) in [4.78, 5) is 26.1. The highest BCUT2D eigenvalue weighted by Gasteiger charge is 2.39. The number of hydrogen-bond acceptors (Lipinski definition) is 4. The third-order valence-corrected chi connectivity index (χ3v) is 4.17. The van der Waals surface area contributed by atoms with Gasteiger partial charge < -0.3 is 10.1 Å². The summed E-state index contributed by atoms with van der Waals surface area (Å²) in [5.41, 5.74) is 1.02. The van der Waals surface area contributed by atoms with Gasteiger partial charge in [-0.2, -0.15) is 0 Å². The SMILES string of the molecule is COc1ccc(Cl)cc1N[C@H]1CC(=O)N(c2cccc(Cl)c2)C1=O. The molecule has 0 unspecified atom stereocenters. The minimum atomic E-state index is -0.691. The van der Waals surface area contributed by atoms with E-state index in [0.717, 1.165) is 4.90 Å². The molecule has 2 aromatic rings. The zero-order valence-corrected chi connectivity index (χ0v) is 14.3. The van der Waals surface area contributed by atoms with Crippen LogP contribution in [0.2, 0.25) is 10.0 Å². The molecule has 24 heavy (non-hydrogen) atoms. The molecule has 5 nitrogen and oxygen atoms in total. The van der Waals surface area contributed by atoms with E-state index < -0.39 is 6.04 Å². The van der Waals surface area contributed by atoms with E-state index in [1.165, 1.54) is 7.11 Å². The van der Waals surface area contributed by atoms with Gasteiger partial charge in [-0.15, -0.1) is 0 Å². The summed E-state index contributed by atoms with van der Waals surface area (Å²) in [6, 6.07) is 11.0. The Kier molecular flexibility index (Phi) is 4.64. The molecular weight excluding hydrogens is 351 g/mol. The van der Waals surface area contributed by atoms with E-state index in [-0.39, 0.29) is 18.2 Å². The molecule has 1 N–H and O–H groups in total. The molecule has 124 valence electrons.